The minimum atomic E-state index is -4.58. The van der Waals surface area contributed by atoms with Crippen LogP contribution in [0.25, 0.3) is 0 Å². The van der Waals surface area contributed by atoms with E-state index in [-0.39, 0.29) is 12.2 Å². The number of hydrogen-bond acceptors (Lipinski definition) is 2. The molecule has 0 radical (unpaired) electrons. The molecular formula is C14H11ClF3N3O. The van der Waals surface area contributed by atoms with Crippen LogP contribution in [0.4, 0.5) is 23.7 Å². The SMILES string of the molecule is O=C(NCc1ccccn1)Nc1ccc(Cl)c(C(F)(F)F)c1. The van der Waals surface area contributed by atoms with Gasteiger partial charge in [-0.25, -0.2) is 4.79 Å². The van der Waals surface area contributed by atoms with E-state index in [1.165, 1.54) is 6.07 Å². The lowest BCUT2D eigenvalue weighted by Gasteiger charge is -2.12. The lowest BCUT2D eigenvalue weighted by Crippen LogP contribution is -2.28. The number of carbonyl (C=O) groups excluding carboxylic acids is 1. The first-order valence-electron chi connectivity index (χ1n) is 6.18. The molecule has 2 aromatic rings. The predicted octanol–water partition coefficient (Wildman–Crippen LogP) is 4.08. The molecular weight excluding hydrogens is 319 g/mol. The van der Waals surface area contributed by atoms with Crippen LogP contribution in [0.1, 0.15) is 11.3 Å². The summed E-state index contributed by atoms with van der Waals surface area (Å²) in [7, 11) is 0. The summed E-state index contributed by atoms with van der Waals surface area (Å²) < 4.78 is 38.1. The third-order valence-electron chi connectivity index (χ3n) is 2.69. The van der Waals surface area contributed by atoms with Gasteiger partial charge in [0, 0.05) is 11.9 Å². The summed E-state index contributed by atoms with van der Waals surface area (Å²) in [5, 5.41) is 4.38. The van der Waals surface area contributed by atoms with E-state index in [1.54, 1.807) is 24.4 Å². The molecule has 0 fully saturated rings. The average molecular weight is 330 g/mol. The number of amides is 2. The molecule has 0 aliphatic heterocycles. The van der Waals surface area contributed by atoms with E-state index in [4.69, 9.17) is 11.6 Å². The molecule has 1 aromatic carbocycles. The van der Waals surface area contributed by atoms with E-state index >= 15 is 0 Å². The number of nitrogens with one attached hydrogen (secondary N) is 2. The average Bonchev–Trinajstić information content (AvgIpc) is 2.47. The summed E-state index contributed by atoms with van der Waals surface area (Å²) in [6, 6.07) is 7.72. The Morgan fingerprint density at radius 1 is 1.23 bits per heavy atom. The normalized spacial score (nSPS) is 11.1. The summed E-state index contributed by atoms with van der Waals surface area (Å²) >= 11 is 5.50. The van der Waals surface area contributed by atoms with Crippen LogP contribution in [0.2, 0.25) is 5.02 Å². The van der Waals surface area contributed by atoms with Crippen LogP contribution in [0.15, 0.2) is 42.6 Å². The van der Waals surface area contributed by atoms with E-state index in [9.17, 15) is 18.0 Å². The van der Waals surface area contributed by atoms with Gasteiger partial charge in [-0.15, -0.1) is 0 Å². The zero-order chi connectivity index (χ0) is 16.2. The Balaban J connectivity index is 2.00. The molecule has 0 unspecified atom stereocenters. The number of hydrogen-bond donors (Lipinski definition) is 2. The first kappa shape index (κ1) is 16.1. The zero-order valence-electron chi connectivity index (χ0n) is 11.1. The lowest BCUT2D eigenvalue weighted by atomic mass is 10.2. The second-order valence-electron chi connectivity index (χ2n) is 4.32. The highest BCUT2D eigenvalue weighted by Gasteiger charge is 2.33. The van der Waals surface area contributed by atoms with Gasteiger partial charge in [-0.05, 0) is 30.3 Å². The molecule has 0 aliphatic rings. The second kappa shape index (κ2) is 6.65. The van der Waals surface area contributed by atoms with Crippen LogP contribution in [-0.4, -0.2) is 11.0 Å². The third-order valence-corrected chi connectivity index (χ3v) is 3.02. The monoisotopic (exact) mass is 329 g/mol. The van der Waals surface area contributed by atoms with Gasteiger partial charge in [-0.1, -0.05) is 17.7 Å². The number of alkyl halides is 3. The number of pyridine rings is 1. The summed E-state index contributed by atoms with van der Waals surface area (Å²) in [6.45, 7) is 0.159. The molecule has 2 amide bonds. The Kier molecular flexibility index (Phi) is 4.87. The molecule has 4 nitrogen and oxygen atoms in total. The molecule has 0 bridgehead atoms. The first-order valence-corrected chi connectivity index (χ1v) is 6.55. The summed E-state index contributed by atoms with van der Waals surface area (Å²) in [6.07, 6.45) is -3.01. The molecule has 0 saturated heterocycles. The number of rotatable bonds is 3. The van der Waals surface area contributed by atoms with Crippen LogP contribution >= 0.6 is 11.6 Å². The Morgan fingerprint density at radius 3 is 2.64 bits per heavy atom. The molecule has 0 atom stereocenters. The van der Waals surface area contributed by atoms with Gasteiger partial charge in [0.15, 0.2) is 0 Å². The Labute approximate surface area is 129 Å². The smallest absolute Gasteiger partial charge is 0.332 e. The maximum absolute atomic E-state index is 12.7. The van der Waals surface area contributed by atoms with Crippen LogP contribution in [0.3, 0.4) is 0 Å². The summed E-state index contributed by atoms with van der Waals surface area (Å²) in [4.78, 5) is 15.7. The van der Waals surface area contributed by atoms with Crippen molar-refractivity contribution in [3.05, 3.63) is 58.9 Å². The van der Waals surface area contributed by atoms with Crippen molar-refractivity contribution in [3.63, 3.8) is 0 Å². The van der Waals surface area contributed by atoms with Gasteiger partial charge in [0.2, 0.25) is 0 Å². The molecule has 0 saturated carbocycles. The van der Waals surface area contributed by atoms with E-state index in [0.29, 0.717) is 5.69 Å². The standard InChI is InChI=1S/C14H11ClF3N3O/c15-12-5-4-9(7-11(12)14(16,17)18)21-13(22)20-8-10-3-1-2-6-19-10/h1-7H,8H2,(H2,20,21,22). The van der Waals surface area contributed by atoms with Crippen molar-refractivity contribution in [2.45, 2.75) is 12.7 Å². The number of anilines is 1. The van der Waals surface area contributed by atoms with Gasteiger partial charge < -0.3 is 10.6 Å². The largest absolute Gasteiger partial charge is 0.417 e. The minimum Gasteiger partial charge on any atom is -0.332 e. The molecule has 0 aliphatic carbocycles. The van der Waals surface area contributed by atoms with Crippen molar-refractivity contribution in [1.82, 2.24) is 10.3 Å². The van der Waals surface area contributed by atoms with Crippen molar-refractivity contribution in [2.75, 3.05) is 5.32 Å². The third kappa shape index (κ3) is 4.36. The number of nitrogens with zero attached hydrogens (tertiary/aromatic N) is 1. The van der Waals surface area contributed by atoms with E-state index in [0.717, 1.165) is 12.1 Å². The lowest BCUT2D eigenvalue weighted by molar-refractivity contribution is -0.137. The maximum atomic E-state index is 12.7. The molecule has 2 rings (SSSR count). The Hall–Kier alpha value is -2.28. The Bertz CT molecular complexity index is 662. The van der Waals surface area contributed by atoms with Crippen molar-refractivity contribution in [2.24, 2.45) is 0 Å². The number of benzene rings is 1. The van der Waals surface area contributed by atoms with E-state index in [1.807, 2.05) is 0 Å². The number of halogens is 4. The van der Waals surface area contributed by atoms with Gasteiger partial charge in [-0.3, -0.25) is 4.98 Å². The zero-order valence-corrected chi connectivity index (χ0v) is 11.9. The van der Waals surface area contributed by atoms with Crippen molar-refractivity contribution >= 4 is 23.3 Å². The summed E-state index contributed by atoms with van der Waals surface area (Å²) in [5.74, 6) is 0. The first-order chi connectivity index (χ1) is 10.4. The van der Waals surface area contributed by atoms with Gasteiger partial charge >= 0.3 is 12.2 Å². The van der Waals surface area contributed by atoms with Crippen LogP contribution < -0.4 is 10.6 Å². The fraction of sp³-hybridized carbons (Fsp3) is 0.143. The van der Waals surface area contributed by atoms with Crippen molar-refractivity contribution < 1.29 is 18.0 Å². The fourth-order valence-corrected chi connectivity index (χ4v) is 1.89. The van der Waals surface area contributed by atoms with E-state index in [2.05, 4.69) is 15.6 Å². The number of urea groups is 1. The molecule has 116 valence electrons. The van der Waals surface area contributed by atoms with Gasteiger partial charge in [0.05, 0.1) is 22.8 Å². The van der Waals surface area contributed by atoms with Crippen molar-refractivity contribution in [1.29, 1.82) is 0 Å². The van der Waals surface area contributed by atoms with Gasteiger partial charge in [0.1, 0.15) is 0 Å². The molecule has 22 heavy (non-hydrogen) atoms. The van der Waals surface area contributed by atoms with Crippen LogP contribution in [0.5, 0.6) is 0 Å². The topological polar surface area (TPSA) is 54.0 Å². The highest BCUT2D eigenvalue weighted by atomic mass is 35.5. The van der Waals surface area contributed by atoms with Gasteiger partial charge in [-0.2, -0.15) is 13.2 Å². The predicted molar refractivity (Wildman–Crippen MR) is 76.5 cm³/mol. The van der Waals surface area contributed by atoms with E-state index < -0.39 is 22.8 Å². The van der Waals surface area contributed by atoms with Crippen LogP contribution in [-0.2, 0) is 12.7 Å². The van der Waals surface area contributed by atoms with Crippen LogP contribution in [0, 0.1) is 0 Å². The number of aromatic nitrogens is 1. The quantitative estimate of drug-likeness (QED) is 0.891. The molecule has 1 aromatic heterocycles. The second-order valence-corrected chi connectivity index (χ2v) is 4.73. The maximum Gasteiger partial charge on any atom is 0.417 e. The highest BCUT2D eigenvalue weighted by molar-refractivity contribution is 6.31. The number of carbonyl (C=O) groups is 1. The fourth-order valence-electron chi connectivity index (χ4n) is 1.67. The van der Waals surface area contributed by atoms with Gasteiger partial charge in [0.25, 0.3) is 0 Å². The highest BCUT2D eigenvalue weighted by Crippen LogP contribution is 2.36. The summed E-state index contributed by atoms with van der Waals surface area (Å²) in [5.41, 5.74) is -0.378. The molecule has 1 heterocycles. The Morgan fingerprint density at radius 2 is 2.00 bits per heavy atom. The van der Waals surface area contributed by atoms with Crippen molar-refractivity contribution in [3.8, 4) is 0 Å². The molecule has 2 N–H and O–H groups in total. The molecule has 0 spiro atoms. The minimum absolute atomic E-state index is 0.00440. The molecule has 8 heteroatoms.